The van der Waals surface area contributed by atoms with E-state index in [-0.39, 0.29) is 5.88 Å². The van der Waals surface area contributed by atoms with Gasteiger partial charge in [-0.05, 0) is 11.5 Å². The van der Waals surface area contributed by atoms with Gasteiger partial charge >= 0.3 is 0 Å². The molecule has 0 amide bonds. The summed E-state index contributed by atoms with van der Waals surface area (Å²) in [4.78, 5) is 0. The molecule has 0 saturated heterocycles. The predicted molar refractivity (Wildman–Crippen MR) is 21.6 cm³/mol. The Bertz CT molecular complexity index is 115. The monoisotopic (exact) mass is 102 g/mol. The highest BCUT2D eigenvalue weighted by atomic mass is 32.1. The van der Waals surface area contributed by atoms with E-state index >= 15 is 0 Å². The lowest BCUT2D eigenvalue weighted by molar-refractivity contribution is 0.452. The average Bonchev–Trinajstić information content (AvgIpc) is 1.86. The Morgan fingerprint density at radius 1 is 1.83 bits per heavy atom. The SMILES string of the molecule is Oc1csnn1. The normalized spacial score (nSPS) is 8.67. The molecule has 0 bridgehead atoms. The van der Waals surface area contributed by atoms with E-state index in [1.807, 2.05) is 0 Å². The van der Waals surface area contributed by atoms with E-state index in [1.54, 1.807) is 0 Å². The molecule has 6 heavy (non-hydrogen) atoms. The maximum Gasteiger partial charge on any atom is 0.243 e. The molecule has 1 N–H and O–H groups in total. The molecular formula is C2H2N2OS. The lowest BCUT2D eigenvalue weighted by Gasteiger charge is -1.63. The van der Waals surface area contributed by atoms with Gasteiger partial charge in [0.15, 0.2) is 0 Å². The fraction of sp³-hybridized carbons (Fsp3) is 0. The van der Waals surface area contributed by atoms with E-state index in [0.29, 0.717) is 0 Å². The predicted octanol–water partition coefficient (Wildman–Crippen LogP) is 0.244. The van der Waals surface area contributed by atoms with E-state index in [4.69, 9.17) is 5.11 Å². The Labute approximate surface area is 38.4 Å². The van der Waals surface area contributed by atoms with Gasteiger partial charge in [0, 0.05) is 0 Å². The van der Waals surface area contributed by atoms with Crippen LogP contribution in [-0.2, 0) is 0 Å². The van der Waals surface area contributed by atoms with Crippen LogP contribution in [0.15, 0.2) is 5.38 Å². The fourth-order valence-corrected chi connectivity index (χ4v) is 0.479. The van der Waals surface area contributed by atoms with E-state index in [1.165, 1.54) is 5.38 Å². The first-order valence-electron chi connectivity index (χ1n) is 1.35. The van der Waals surface area contributed by atoms with Crippen LogP contribution in [0.2, 0.25) is 0 Å². The van der Waals surface area contributed by atoms with Gasteiger partial charge in [0.2, 0.25) is 5.88 Å². The summed E-state index contributed by atoms with van der Waals surface area (Å²) in [5.41, 5.74) is 0. The number of aromatic hydroxyl groups is 1. The van der Waals surface area contributed by atoms with Gasteiger partial charge in [-0.2, -0.15) is 0 Å². The summed E-state index contributed by atoms with van der Waals surface area (Å²) in [5.74, 6) is 0.000000000000000222. The van der Waals surface area contributed by atoms with Crippen molar-refractivity contribution in [2.75, 3.05) is 0 Å². The van der Waals surface area contributed by atoms with Gasteiger partial charge < -0.3 is 5.11 Å². The Balaban J connectivity index is 3.05. The largest absolute Gasteiger partial charge is 0.492 e. The molecular weight excluding hydrogens is 100 g/mol. The van der Waals surface area contributed by atoms with E-state index in [0.717, 1.165) is 11.5 Å². The summed E-state index contributed by atoms with van der Waals surface area (Å²) in [5, 5.41) is 13.0. The van der Waals surface area contributed by atoms with Crippen molar-refractivity contribution in [3.05, 3.63) is 5.38 Å². The van der Waals surface area contributed by atoms with Gasteiger partial charge in [-0.1, -0.05) is 9.59 Å². The molecule has 0 saturated carbocycles. The fourth-order valence-electron chi connectivity index (χ4n) is 0.160. The number of hydrogen-bond donors (Lipinski definition) is 1. The highest BCUT2D eigenvalue weighted by molar-refractivity contribution is 7.03. The van der Waals surface area contributed by atoms with Crippen molar-refractivity contribution in [2.45, 2.75) is 0 Å². The van der Waals surface area contributed by atoms with Gasteiger partial charge in [-0.3, -0.25) is 0 Å². The van der Waals surface area contributed by atoms with Crippen molar-refractivity contribution in [2.24, 2.45) is 0 Å². The van der Waals surface area contributed by atoms with Crippen LogP contribution in [0.4, 0.5) is 0 Å². The Morgan fingerprint density at radius 3 is 2.83 bits per heavy atom. The van der Waals surface area contributed by atoms with Crippen LogP contribution in [0.25, 0.3) is 0 Å². The minimum Gasteiger partial charge on any atom is -0.492 e. The maximum atomic E-state index is 8.31. The van der Waals surface area contributed by atoms with Crippen molar-refractivity contribution >= 4 is 11.5 Å². The molecule has 1 aromatic rings. The zero-order chi connectivity index (χ0) is 4.41. The van der Waals surface area contributed by atoms with Crippen molar-refractivity contribution in [3.63, 3.8) is 0 Å². The second-order valence-electron chi connectivity index (χ2n) is 0.763. The first kappa shape index (κ1) is 3.55. The summed E-state index contributed by atoms with van der Waals surface area (Å²) >= 11 is 1.13. The number of nitrogens with zero attached hydrogens (tertiary/aromatic N) is 2. The number of aromatic nitrogens is 2. The molecule has 0 aromatic carbocycles. The van der Waals surface area contributed by atoms with Gasteiger partial charge in [-0.25, -0.2) is 0 Å². The van der Waals surface area contributed by atoms with Crippen LogP contribution in [0, 0.1) is 0 Å². The smallest absolute Gasteiger partial charge is 0.243 e. The van der Waals surface area contributed by atoms with Crippen molar-refractivity contribution in [1.82, 2.24) is 9.59 Å². The highest BCUT2D eigenvalue weighted by Gasteiger charge is 1.81. The zero-order valence-electron chi connectivity index (χ0n) is 2.83. The van der Waals surface area contributed by atoms with Crippen molar-refractivity contribution < 1.29 is 5.11 Å². The zero-order valence-corrected chi connectivity index (χ0v) is 3.64. The summed E-state index contributed by atoms with van der Waals surface area (Å²) in [6.45, 7) is 0. The second-order valence-corrected chi connectivity index (χ2v) is 1.37. The quantitative estimate of drug-likeness (QED) is 0.510. The van der Waals surface area contributed by atoms with Crippen LogP contribution in [0.1, 0.15) is 0 Å². The third kappa shape index (κ3) is 0.463. The van der Waals surface area contributed by atoms with Gasteiger partial charge in [0.1, 0.15) is 0 Å². The second kappa shape index (κ2) is 1.22. The minimum atomic E-state index is 0.000000000000000222. The third-order valence-corrected chi connectivity index (χ3v) is 0.841. The summed E-state index contributed by atoms with van der Waals surface area (Å²) in [6.07, 6.45) is 0. The van der Waals surface area contributed by atoms with Gasteiger partial charge in [0.25, 0.3) is 0 Å². The van der Waals surface area contributed by atoms with E-state index in [9.17, 15) is 0 Å². The minimum absolute atomic E-state index is 0.000000000000000222. The molecule has 4 heteroatoms. The number of rotatable bonds is 0. The van der Waals surface area contributed by atoms with Gasteiger partial charge in [0.05, 0.1) is 5.38 Å². The first-order valence-corrected chi connectivity index (χ1v) is 2.19. The van der Waals surface area contributed by atoms with Crippen LogP contribution in [-0.4, -0.2) is 14.7 Å². The van der Waals surface area contributed by atoms with Crippen LogP contribution in [0.3, 0.4) is 0 Å². The molecule has 1 rings (SSSR count). The summed E-state index contributed by atoms with van der Waals surface area (Å²) in [6, 6.07) is 0. The molecule has 0 unspecified atom stereocenters. The van der Waals surface area contributed by atoms with Crippen molar-refractivity contribution in [1.29, 1.82) is 0 Å². The molecule has 1 heterocycles. The molecule has 0 aliphatic rings. The maximum absolute atomic E-state index is 8.31. The molecule has 0 spiro atoms. The summed E-state index contributed by atoms with van der Waals surface area (Å²) in [7, 11) is 0. The first-order chi connectivity index (χ1) is 2.89. The molecule has 0 fully saturated rings. The third-order valence-electron chi connectivity index (χ3n) is 0.349. The Morgan fingerprint density at radius 2 is 2.67 bits per heavy atom. The van der Waals surface area contributed by atoms with Crippen LogP contribution in [0.5, 0.6) is 5.88 Å². The lowest BCUT2D eigenvalue weighted by atomic mass is 10.9. The number of hydrogen-bond acceptors (Lipinski definition) is 4. The van der Waals surface area contributed by atoms with Crippen molar-refractivity contribution in [3.8, 4) is 5.88 Å². The van der Waals surface area contributed by atoms with Crippen LogP contribution >= 0.6 is 11.5 Å². The Hall–Kier alpha value is -0.640. The average molecular weight is 102 g/mol. The molecule has 3 nitrogen and oxygen atoms in total. The summed E-state index contributed by atoms with van der Waals surface area (Å²) < 4.78 is 3.36. The molecule has 32 valence electrons. The molecule has 0 atom stereocenters. The topological polar surface area (TPSA) is 46.0 Å². The lowest BCUT2D eigenvalue weighted by Crippen LogP contribution is -1.58. The van der Waals surface area contributed by atoms with Gasteiger partial charge in [-0.15, -0.1) is 0 Å². The Kier molecular flexibility index (Phi) is 0.719. The van der Waals surface area contributed by atoms with E-state index in [2.05, 4.69) is 9.59 Å². The molecule has 0 radical (unpaired) electrons. The molecule has 0 aliphatic heterocycles. The molecule has 0 aliphatic carbocycles. The van der Waals surface area contributed by atoms with Crippen LogP contribution < -0.4 is 0 Å². The highest BCUT2D eigenvalue weighted by Crippen LogP contribution is 2.00. The molecule has 1 aromatic heterocycles. The standard InChI is InChI=1S/C2H2N2OS/c5-2-1-6-4-3-2/h1,5H. The van der Waals surface area contributed by atoms with E-state index < -0.39 is 0 Å².